The molecule has 0 spiro atoms. The van der Waals surface area contributed by atoms with Crippen molar-refractivity contribution in [2.24, 2.45) is 5.92 Å². The van der Waals surface area contributed by atoms with E-state index >= 15 is 0 Å². The van der Waals surface area contributed by atoms with E-state index in [-0.39, 0.29) is 11.8 Å². The van der Waals surface area contributed by atoms with Gasteiger partial charge in [-0.05, 0) is 50.8 Å². The molecule has 28 heavy (non-hydrogen) atoms. The zero-order chi connectivity index (χ0) is 19.3. The standard InChI is InChI=1S/C23H30N4O/c1-17-7-5-8-18(15-17)21-12-13-22(26-25-21)27-14-6-9-19(16-27)23(28)24-20-10-3-2-4-11-20/h5,7-8,12-13,15,19-20H,2-4,6,9-11,14,16H2,1H3,(H,24,28)/t19-/m1/s1. The van der Waals surface area contributed by atoms with E-state index in [1.54, 1.807) is 0 Å². The van der Waals surface area contributed by atoms with Crippen molar-refractivity contribution in [3.63, 3.8) is 0 Å². The number of piperidine rings is 1. The molecule has 2 aliphatic rings. The molecule has 148 valence electrons. The largest absolute Gasteiger partial charge is 0.354 e. The van der Waals surface area contributed by atoms with Crippen molar-refractivity contribution in [3.8, 4) is 11.3 Å². The summed E-state index contributed by atoms with van der Waals surface area (Å²) in [4.78, 5) is 15.0. The van der Waals surface area contributed by atoms with Crippen LogP contribution >= 0.6 is 0 Å². The van der Waals surface area contributed by atoms with Gasteiger partial charge in [-0.1, -0.05) is 43.0 Å². The van der Waals surface area contributed by atoms with Gasteiger partial charge in [-0.2, -0.15) is 0 Å². The lowest BCUT2D eigenvalue weighted by Gasteiger charge is -2.34. The molecule has 1 aromatic heterocycles. The van der Waals surface area contributed by atoms with Crippen molar-refractivity contribution in [2.75, 3.05) is 18.0 Å². The van der Waals surface area contributed by atoms with E-state index in [1.165, 1.54) is 24.8 Å². The Balaban J connectivity index is 1.39. The van der Waals surface area contributed by atoms with Gasteiger partial charge in [0.2, 0.25) is 5.91 Å². The van der Waals surface area contributed by atoms with Gasteiger partial charge in [-0.25, -0.2) is 0 Å². The summed E-state index contributed by atoms with van der Waals surface area (Å²) in [6.45, 7) is 3.75. The van der Waals surface area contributed by atoms with Crippen LogP contribution in [0.5, 0.6) is 0 Å². The van der Waals surface area contributed by atoms with Crippen molar-refractivity contribution >= 4 is 11.7 Å². The highest BCUT2D eigenvalue weighted by Crippen LogP contribution is 2.25. The van der Waals surface area contributed by atoms with Crippen molar-refractivity contribution in [1.82, 2.24) is 15.5 Å². The third kappa shape index (κ3) is 4.51. The van der Waals surface area contributed by atoms with Gasteiger partial charge < -0.3 is 10.2 Å². The first-order chi connectivity index (χ1) is 13.7. The summed E-state index contributed by atoms with van der Waals surface area (Å²) in [5, 5.41) is 12.2. The van der Waals surface area contributed by atoms with Gasteiger partial charge in [0.1, 0.15) is 0 Å². The molecule has 1 aliphatic heterocycles. The first kappa shape index (κ1) is 18.9. The quantitative estimate of drug-likeness (QED) is 0.870. The molecule has 5 heteroatoms. The van der Waals surface area contributed by atoms with Crippen LogP contribution in [-0.4, -0.2) is 35.2 Å². The Labute approximate surface area is 167 Å². The molecule has 4 rings (SSSR count). The third-order valence-electron chi connectivity index (χ3n) is 6.03. The fraction of sp³-hybridized carbons (Fsp3) is 0.522. The third-order valence-corrected chi connectivity index (χ3v) is 6.03. The van der Waals surface area contributed by atoms with Gasteiger partial charge in [0.15, 0.2) is 5.82 Å². The maximum Gasteiger partial charge on any atom is 0.225 e. The molecular weight excluding hydrogens is 348 g/mol. The monoisotopic (exact) mass is 378 g/mol. The van der Waals surface area contributed by atoms with Crippen molar-refractivity contribution in [3.05, 3.63) is 42.0 Å². The zero-order valence-electron chi connectivity index (χ0n) is 16.7. The zero-order valence-corrected chi connectivity index (χ0v) is 16.7. The SMILES string of the molecule is Cc1cccc(-c2ccc(N3CCC[C@@H](C(=O)NC4CCCCC4)C3)nn2)c1. The van der Waals surface area contributed by atoms with E-state index in [4.69, 9.17) is 0 Å². The Morgan fingerprint density at radius 2 is 1.89 bits per heavy atom. The van der Waals surface area contributed by atoms with E-state index in [0.717, 1.165) is 55.8 Å². The maximum atomic E-state index is 12.7. The predicted octanol–water partition coefficient (Wildman–Crippen LogP) is 4.12. The molecule has 1 saturated carbocycles. The Hall–Kier alpha value is -2.43. The lowest BCUT2D eigenvalue weighted by molar-refractivity contribution is -0.126. The number of aryl methyl sites for hydroxylation is 1. The highest BCUT2D eigenvalue weighted by molar-refractivity contribution is 5.79. The minimum atomic E-state index is 0.0499. The Kier molecular flexibility index (Phi) is 5.89. The number of benzene rings is 1. The lowest BCUT2D eigenvalue weighted by atomic mass is 9.93. The fourth-order valence-electron chi connectivity index (χ4n) is 4.42. The molecular formula is C23H30N4O. The number of aromatic nitrogens is 2. The second-order valence-corrected chi connectivity index (χ2v) is 8.27. The minimum absolute atomic E-state index is 0.0499. The van der Waals surface area contributed by atoms with Crippen LogP contribution in [0.15, 0.2) is 36.4 Å². The van der Waals surface area contributed by atoms with Crippen molar-refractivity contribution in [2.45, 2.75) is 57.9 Å². The number of nitrogens with zero attached hydrogens (tertiary/aromatic N) is 3. The molecule has 2 fully saturated rings. The van der Waals surface area contributed by atoms with Crippen LogP contribution in [0.1, 0.15) is 50.5 Å². The van der Waals surface area contributed by atoms with E-state index in [9.17, 15) is 4.79 Å². The molecule has 1 N–H and O–H groups in total. The summed E-state index contributed by atoms with van der Waals surface area (Å²) in [6.07, 6.45) is 8.03. The number of hydrogen-bond donors (Lipinski definition) is 1. The van der Waals surface area contributed by atoms with Crippen molar-refractivity contribution < 1.29 is 4.79 Å². The van der Waals surface area contributed by atoms with E-state index < -0.39 is 0 Å². The molecule has 0 bridgehead atoms. The molecule has 1 aromatic carbocycles. The fourth-order valence-corrected chi connectivity index (χ4v) is 4.42. The van der Waals surface area contributed by atoms with E-state index in [0.29, 0.717) is 6.04 Å². The first-order valence-corrected chi connectivity index (χ1v) is 10.6. The van der Waals surface area contributed by atoms with Crippen LogP contribution in [0.4, 0.5) is 5.82 Å². The average Bonchev–Trinajstić information content (AvgIpc) is 2.75. The number of anilines is 1. The maximum absolute atomic E-state index is 12.7. The molecule has 0 radical (unpaired) electrons. The van der Waals surface area contributed by atoms with Gasteiger partial charge in [-0.3, -0.25) is 4.79 Å². The molecule has 0 unspecified atom stereocenters. The van der Waals surface area contributed by atoms with Gasteiger partial charge in [0.05, 0.1) is 11.6 Å². The van der Waals surface area contributed by atoms with Crippen LogP contribution in [0.2, 0.25) is 0 Å². The molecule has 1 atom stereocenters. The number of amides is 1. The smallest absolute Gasteiger partial charge is 0.225 e. The summed E-state index contributed by atoms with van der Waals surface area (Å²) in [6, 6.07) is 12.7. The van der Waals surface area contributed by atoms with Gasteiger partial charge >= 0.3 is 0 Å². The number of hydrogen-bond acceptors (Lipinski definition) is 4. The minimum Gasteiger partial charge on any atom is -0.354 e. The van der Waals surface area contributed by atoms with Crippen LogP contribution in [0.25, 0.3) is 11.3 Å². The summed E-state index contributed by atoms with van der Waals surface area (Å²) in [7, 11) is 0. The summed E-state index contributed by atoms with van der Waals surface area (Å²) >= 11 is 0. The van der Waals surface area contributed by atoms with E-state index in [1.807, 2.05) is 18.2 Å². The second-order valence-electron chi connectivity index (χ2n) is 8.27. The van der Waals surface area contributed by atoms with Gasteiger partial charge in [0, 0.05) is 24.7 Å². The summed E-state index contributed by atoms with van der Waals surface area (Å²) < 4.78 is 0. The molecule has 5 nitrogen and oxygen atoms in total. The highest BCUT2D eigenvalue weighted by atomic mass is 16.2. The molecule has 1 amide bonds. The normalized spacial score (nSPS) is 20.8. The Bertz CT molecular complexity index is 799. The second kappa shape index (κ2) is 8.72. The molecule has 2 heterocycles. The lowest BCUT2D eigenvalue weighted by Crippen LogP contribution is -2.46. The van der Waals surface area contributed by atoms with Crippen molar-refractivity contribution in [1.29, 1.82) is 0 Å². The van der Waals surface area contributed by atoms with Crippen LogP contribution in [-0.2, 0) is 4.79 Å². The molecule has 2 aromatic rings. The van der Waals surface area contributed by atoms with E-state index in [2.05, 4.69) is 45.5 Å². The van der Waals surface area contributed by atoms with Gasteiger partial charge in [0.25, 0.3) is 0 Å². The van der Waals surface area contributed by atoms with Crippen LogP contribution in [0.3, 0.4) is 0 Å². The number of rotatable bonds is 4. The summed E-state index contributed by atoms with van der Waals surface area (Å²) in [5.41, 5.74) is 3.18. The topological polar surface area (TPSA) is 58.1 Å². The Morgan fingerprint density at radius 3 is 2.64 bits per heavy atom. The van der Waals surface area contributed by atoms with Gasteiger partial charge in [-0.15, -0.1) is 10.2 Å². The average molecular weight is 379 g/mol. The highest BCUT2D eigenvalue weighted by Gasteiger charge is 2.28. The van der Waals surface area contributed by atoms with Crippen LogP contribution < -0.4 is 10.2 Å². The summed E-state index contributed by atoms with van der Waals surface area (Å²) in [5.74, 6) is 1.14. The predicted molar refractivity (Wildman–Crippen MR) is 112 cm³/mol. The van der Waals surface area contributed by atoms with Crippen LogP contribution in [0, 0.1) is 12.8 Å². The molecule has 1 aliphatic carbocycles. The first-order valence-electron chi connectivity index (χ1n) is 10.6. The number of nitrogens with one attached hydrogen (secondary N) is 1. The molecule has 1 saturated heterocycles. The number of carbonyl (C=O) groups is 1. The number of carbonyl (C=O) groups excluding carboxylic acids is 1. The Morgan fingerprint density at radius 1 is 1.04 bits per heavy atom.